The van der Waals surface area contributed by atoms with Crippen LogP contribution in [-0.2, 0) is 0 Å². The van der Waals surface area contributed by atoms with Gasteiger partial charge in [-0.05, 0) is 18.8 Å². The van der Waals surface area contributed by atoms with E-state index in [-0.39, 0.29) is 0 Å². The molecular formula is C10H14. The van der Waals surface area contributed by atoms with E-state index in [1.807, 2.05) is 6.08 Å². The Kier molecular flexibility index (Phi) is 2.57. The van der Waals surface area contributed by atoms with E-state index in [0.29, 0.717) is 0 Å². The van der Waals surface area contributed by atoms with Gasteiger partial charge in [0.05, 0.1) is 0 Å². The molecule has 0 N–H and O–H groups in total. The Bertz CT molecular complexity index is 168. The molecule has 1 aliphatic carbocycles. The highest BCUT2D eigenvalue weighted by Crippen LogP contribution is 2.36. The molecule has 54 valence electrons. The minimum atomic E-state index is 0.727. The van der Waals surface area contributed by atoms with E-state index in [1.54, 1.807) is 0 Å². The van der Waals surface area contributed by atoms with E-state index in [2.05, 4.69) is 25.3 Å². The van der Waals surface area contributed by atoms with Crippen molar-refractivity contribution >= 4 is 0 Å². The molecule has 2 atom stereocenters. The summed E-state index contributed by atoms with van der Waals surface area (Å²) in [5.74, 6) is 8.00. The molecule has 0 aliphatic heterocycles. The van der Waals surface area contributed by atoms with Crippen LogP contribution in [0.15, 0.2) is 12.7 Å². The lowest BCUT2D eigenvalue weighted by molar-refractivity contribution is 0.915. The molecule has 0 saturated heterocycles. The average molecular weight is 134 g/mol. The van der Waals surface area contributed by atoms with Crippen molar-refractivity contribution < 1.29 is 0 Å². The number of hydrogen-bond acceptors (Lipinski definition) is 0. The van der Waals surface area contributed by atoms with Crippen LogP contribution in [0.3, 0.4) is 0 Å². The summed E-state index contributed by atoms with van der Waals surface area (Å²) in [6, 6.07) is 0. The van der Waals surface area contributed by atoms with E-state index in [4.69, 9.17) is 0 Å². The molecule has 0 heterocycles. The highest BCUT2D eigenvalue weighted by molar-refractivity contribution is 5.12. The second-order valence-electron chi connectivity index (χ2n) is 2.97. The molecule has 1 rings (SSSR count). The van der Waals surface area contributed by atoms with Gasteiger partial charge in [0.2, 0.25) is 0 Å². The van der Waals surface area contributed by atoms with Crippen LogP contribution in [0.4, 0.5) is 0 Å². The van der Waals surface area contributed by atoms with Crippen LogP contribution in [0.2, 0.25) is 0 Å². The molecule has 1 saturated carbocycles. The van der Waals surface area contributed by atoms with Crippen LogP contribution < -0.4 is 0 Å². The first-order valence-corrected chi connectivity index (χ1v) is 3.94. The lowest BCUT2D eigenvalue weighted by Crippen LogP contribution is -1.70. The molecule has 1 aliphatic rings. The van der Waals surface area contributed by atoms with Crippen LogP contribution >= 0.6 is 0 Å². The Morgan fingerprint density at radius 3 is 2.90 bits per heavy atom. The topological polar surface area (TPSA) is 0 Å². The zero-order valence-corrected chi connectivity index (χ0v) is 6.56. The molecule has 0 aromatic heterocycles. The van der Waals surface area contributed by atoms with Crippen LogP contribution in [0.5, 0.6) is 0 Å². The molecule has 10 heavy (non-hydrogen) atoms. The van der Waals surface area contributed by atoms with E-state index >= 15 is 0 Å². The molecule has 0 radical (unpaired) electrons. The Labute approximate surface area is 63.3 Å². The molecule has 0 unspecified atom stereocenters. The summed E-state index contributed by atoms with van der Waals surface area (Å²) in [7, 11) is 0. The third-order valence-electron chi connectivity index (χ3n) is 1.87. The van der Waals surface area contributed by atoms with E-state index in [0.717, 1.165) is 24.7 Å². The molecular weight excluding hydrogens is 120 g/mol. The Morgan fingerprint density at radius 1 is 1.70 bits per heavy atom. The van der Waals surface area contributed by atoms with Crippen molar-refractivity contribution in [3.05, 3.63) is 12.7 Å². The fourth-order valence-corrected chi connectivity index (χ4v) is 0.901. The van der Waals surface area contributed by atoms with Crippen LogP contribution in [0.25, 0.3) is 0 Å². The van der Waals surface area contributed by atoms with Gasteiger partial charge in [0.15, 0.2) is 0 Å². The van der Waals surface area contributed by atoms with Gasteiger partial charge in [-0.15, -0.1) is 12.5 Å². The Morgan fingerprint density at radius 2 is 2.40 bits per heavy atom. The number of allylic oxidation sites excluding steroid dienone is 1. The summed E-state index contributed by atoms with van der Waals surface area (Å²) in [5, 5.41) is 0. The predicted octanol–water partition coefficient (Wildman–Crippen LogP) is 2.61. The molecule has 0 bridgehead atoms. The third-order valence-corrected chi connectivity index (χ3v) is 1.87. The third kappa shape index (κ3) is 2.27. The monoisotopic (exact) mass is 134 g/mol. The molecule has 0 spiro atoms. The second kappa shape index (κ2) is 3.46. The lowest BCUT2D eigenvalue weighted by Gasteiger charge is -1.79. The van der Waals surface area contributed by atoms with Crippen molar-refractivity contribution in [2.75, 3.05) is 0 Å². The van der Waals surface area contributed by atoms with Gasteiger partial charge in [0.25, 0.3) is 0 Å². The molecule has 0 aromatic carbocycles. The summed E-state index contributed by atoms with van der Waals surface area (Å²) < 4.78 is 0. The van der Waals surface area contributed by atoms with Crippen molar-refractivity contribution in [3.8, 4) is 11.8 Å². The number of unbranched alkanes of at least 4 members (excludes halogenated alkanes) is 1. The minimum absolute atomic E-state index is 0.727. The average Bonchev–Trinajstić information content (AvgIpc) is 2.60. The van der Waals surface area contributed by atoms with E-state index < -0.39 is 0 Å². The largest absolute Gasteiger partial charge is 0.103 e. The lowest BCUT2D eigenvalue weighted by atomic mass is 10.3. The maximum Gasteiger partial charge on any atom is 0.0231 e. The fourth-order valence-electron chi connectivity index (χ4n) is 0.901. The minimum Gasteiger partial charge on any atom is -0.103 e. The standard InChI is InChI=1S/C10H14/c1-3-4-5-6-7-10-8-9(10)2/h3,9-10H,1,4-5,8H2,2H3/t9-,10-/m0/s1. The normalized spacial score (nSPS) is 28.5. The zero-order chi connectivity index (χ0) is 7.40. The van der Waals surface area contributed by atoms with E-state index in [1.165, 1.54) is 6.42 Å². The number of hydrogen-bond donors (Lipinski definition) is 0. The maximum absolute atomic E-state index is 3.64. The second-order valence-corrected chi connectivity index (χ2v) is 2.97. The SMILES string of the molecule is C=CCCC#C[C@H]1C[C@@H]1C. The van der Waals surface area contributed by atoms with E-state index in [9.17, 15) is 0 Å². The predicted molar refractivity (Wildman–Crippen MR) is 44.5 cm³/mol. The molecule has 0 nitrogen and oxygen atoms in total. The first-order valence-electron chi connectivity index (χ1n) is 3.94. The zero-order valence-electron chi connectivity index (χ0n) is 6.56. The molecule has 0 heteroatoms. The molecule has 1 fully saturated rings. The number of rotatable bonds is 2. The highest BCUT2D eigenvalue weighted by Gasteiger charge is 2.30. The van der Waals surface area contributed by atoms with Crippen molar-refractivity contribution in [2.45, 2.75) is 26.2 Å². The van der Waals surface area contributed by atoms with Crippen molar-refractivity contribution in [1.82, 2.24) is 0 Å². The first-order chi connectivity index (χ1) is 4.84. The summed E-state index contributed by atoms with van der Waals surface area (Å²) in [6.45, 7) is 5.90. The summed E-state index contributed by atoms with van der Waals surface area (Å²) in [6.07, 6.45) is 5.27. The summed E-state index contributed by atoms with van der Waals surface area (Å²) in [5.41, 5.74) is 0. The summed E-state index contributed by atoms with van der Waals surface area (Å²) >= 11 is 0. The smallest absolute Gasteiger partial charge is 0.0231 e. The van der Waals surface area contributed by atoms with Crippen LogP contribution in [0, 0.1) is 23.7 Å². The quantitative estimate of drug-likeness (QED) is 0.309. The highest BCUT2D eigenvalue weighted by atomic mass is 14.3. The summed E-state index contributed by atoms with van der Waals surface area (Å²) in [4.78, 5) is 0. The first kappa shape index (κ1) is 7.41. The van der Waals surface area contributed by atoms with Gasteiger partial charge in [-0.3, -0.25) is 0 Å². The van der Waals surface area contributed by atoms with Gasteiger partial charge < -0.3 is 0 Å². The van der Waals surface area contributed by atoms with Crippen molar-refractivity contribution in [3.63, 3.8) is 0 Å². The van der Waals surface area contributed by atoms with Gasteiger partial charge >= 0.3 is 0 Å². The van der Waals surface area contributed by atoms with Gasteiger partial charge in [-0.1, -0.05) is 18.9 Å². The Hall–Kier alpha value is -0.700. The van der Waals surface area contributed by atoms with Crippen molar-refractivity contribution in [1.29, 1.82) is 0 Å². The van der Waals surface area contributed by atoms with Gasteiger partial charge in [0, 0.05) is 12.3 Å². The van der Waals surface area contributed by atoms with Crippen LogP contribution in [-0.4, -0.2) is 0 Å². The van der Waals surface area contributed by atoms with Gasteiger partial charge in [0.1, 0.15) is 0 Å². The van der Waals surface area contributed by atoms with Crippen molar-refractivity contribution in [2.24, 2.45) is 11.8 Å². The van der Waals surface area contributed by atoms with Gasteiger partial charge in [-0.2, -0.15) is 0 Å². The fraction of sp³-hybridized carbons (Fsp3) is 0.600. The maximum atomic E-state index is 3.64. The molecule has 0 amide bonds. The van der Waals surface area contributed by atoms with Crippen LogP contribution in [0.1, 0.15) is 26.2 Å². The Balaban J connectivity index is 2.08. The molecule has 0 aromatic rings. The van der Waals surface area contributed by atoms with Gasteiger partial charge in [-0.25, -0.2) is 0 Å².